The number of benzene rings is 2. The molecular formula is C20H20N6O5. The molecule has 3 N–H and O–H groups in total. The number of rotatable bonds is 8. The molecule has 1 amide bonds. The lowest BCUT2D eigenvalue weighted by Crippen LogP contribution is -2.30. The SMILES string of the molecule is COc1ccc(C)cc1Nc1ncnc(NNC(=O)c2ccccc2OC)c1[N+](=O)[O-]. The van der Waals surface area contributed by atoms with Crippen LogP contribution in [0.25, 0.3) is 0 Å². The molecule has 0 aliphatic carbocycles. The van der Waals surface area contributed by atoms with Crippen molar-refractivity contribution in [3.05, 3.63) is 70.0 Å². The normalized spacial score (nSPS) is 10.2. The lowest BCUT2D eigenvalue weighted by atomic mass is 10.2. The molecule has 2 aromatic carbocycles. The number of nitro groups is 1. The number of carbonyl (C=O) groups is 1. The fourth-order valence-electron chi connectivity index (χ4n) is 2.80. The highest BCUT2D eigenvalue weighted by Crippen LogP contribution is 2.34. The largest absolute Gasteiger partial charge is 0.496 e. The predicted octanol–water partition coefficient (Wildman–Crippen LogP) is 3.21. The molecule has 0 saturated heterocycles. The van der Waals surface area contributed by atoms with Gasteiger partial charge >= 0.3 is 5.69 Å². The van der Waals surface area contributed by atoms with Crippen molar-refractivity contribution in [1.82, 2.24) is 15.4 Å². The molecule has 160 valence electrons. The molecule has 3 aromatic rings. The third-order valence-corrected chi connectivity index (χ3v) is 4.26. The van der Waals surface area contributed by atoms with E-state index in [9.17, 15) is 14.9 Å². The molecule has 0 atom stereocenters. The molecule has 0 aliphatic rings. The number of nitrogens with zero attached hydrogens (tertiary/aromatic N) is 3. The Morgan fingerprint density at radius 1 is 1.03 bits per heavy atom. The van der Waals surface area contributed by atoms with Gasteiger partial charge in [0.2, 0.25) is 11.6 Å². The zero-order valence-electron chi connectivity index (χ0n) is 17.0. The van der Waals surface area contributed by atoms with Crippen molar-refractivity contribution in [2.24, 2.45) is 0 Å². The molecule has 11 nitrogen and oxygen atoms in total. The molecule has 0 saturated carbocycles. The van der Waals surface area contributed by atoms with E-state index in [-0.39, 0.29) is 17.2 Å². The van der Waals surface area contributed by atoms with Crippen molar-refractivity contribution >= 4 is 28.9 Å². The summed E-state index contributed by atoms with van der Waals surface area (Å²) in [7, 11) is 2.93. The average molecular weight is 424 g/mol. The second kappa shape index (κ2) is 9.39. The standard InChI is InChI=1S/C20H20N6O5/c1-12-8-9-16(31-3)14(10-12)23-18-17(26(28)29)19(22-11-21-18)24-25-20(27)13-6-4-5-7-15(13)30-2/h4-11H,1-3H3,(H,25,27)(H2,21,22,23,24). The van der Waals surface area contributed by atoms with Crippen LogP contribution in [0.2, 0.25) is 0 Å². The summed E-state index contributed by atoms with van der Waals surface area (Å²) in [5, 5.41) is 14.7. The number of anilines is 3. The number of aryl methyl sites for hydroxylation is 1. The van der Waals surface area contributed by atoms with Gasteiger partial charge in [0.15, 0.2) is 0 Å². The van der Waals surface area contributed by atoms with Crippen LogP contribution in [-0.4, -0.2) is 35.0 Å². The van der Waals surface area contributed by atoms with Crippen molar-refractivity contribution in [1.29, 1.82) is 0 Å². The minimum absolute atomic E-state index is 0.0714. The molecule has 0 spiro atoms. The van der Waals surface area contributed by atoms with Gasteiger partial charge in [-0.25, -0.2) is 9.97 Å². The van der Waals surface area contributed by atoms with E-state index < -0.39 is 16.5 Å². The quantitative estimate of drug-likeness (QED) is 0.367. The number of methoxy groups -OCH3 is 2. The monoisotopic (exact) mass is 424 g/mol. The number of hydrazine groups is 1. The van der Waals surface area contributed by atoms with Gasteiger partial charge in [-0.15, -0.1) is 0 Å². The van der Waals surface area contributed by atoms with Gasteiger partial charge in [-0.1, -0.05) is 18.2 Å². The maximum Gasteiger partial charge on any atom is 0.355 e. The van der Waals surface area contributed by atoms with Gasteiger partial charge in [0, 0.05) is 0 Å². The molecule has 3 rings (SSSR count). The Morgan fingerprint density at radius 3 is 2.45 bits per heavy atom. The van der Waals surface area contributed by atoms with Gasteiger partial charge < -0.3 is 14.8 Å². The molecule has 0 aliphatic heterocycles. The van der Waals surface area contributed by atoms with E-state index in [0.29, 0.717) is 17.2 Å². The van der Waals surface area contributed by atoms with E-state index in [2.05, 4.69) is 26.1 Å². The Bertz CT molecular complexity index is 1120. The maximum atomic E-state index is 12.5. The van der Waals surface area contributed by atoms with Crippen LogP contribution in [0, 0.1) is 17.0 Å². The Morgan fingerprint density at radius 2 is 1.74 bits per heavy atom. The first-order chi connectivity index (χ1) is 14.9. The third kappa shape index (κ3) is 4.78. The minimum Gasteiger partial charge on any atom is -0.496 e. The summed E-state index contributed by atoms with van der Waals surface area (Å²) in [6.07, 6.45) is 1.13. The molecular weight excluding hydrogens is 404 g/mol. The maximum absolute atomic E-state index is 12.5. The van der Waals surface area contributed by atoms with Gasteiger partial charge in [-0.3, -0.25) is 25.8 Å². The van der Waals surface area contributed by atoms with Gasteiger partial charge in [0.25, 0.3) is 5.91 Å². The van der Waals surface area contributed by atoms with E-state index in [1.165, 1.54) is 14.2 Å². The number of carbonyl (C=O) groups excluding carboxylic acids is 1. The van der Waals surface area contributed by atoms with Crippen LogP contribution in [0.4, 0.5) is 23.0 Å². The Labute approximate surface area is 177 Å². The van der Waals surface area contributed by atoms with E-state index in [1.807, 2.05) is 13.0 Å². The van der Waals surface area contributed by atoms with Crippen molar-refractivity contribution < 1.29 is 19.2 Å². The molecule has 0 fully saturated rings. The van der Waals surface area contributed by atoms with Crippen LogP contribution in [-0.2, 0) is 0 Å². The van der Waals surface area contributed by atoms with Gasteiger partial charge in [-0.2, -0.15) is 0 Å². The lowest BCUT2D eigenvalue weighted by molar-refractivity contribution is -0.383. The summed E-state index contributed by atoms with van der Waals surface area (Å²) in [5.41, 5.74) is 6.09. The number of nitrogens with one attached hydrogen (secondary N) is 3. The average Bonchev–Trinajstić information content (AvgIpc) is 2.77. The molecule has 31 heavy (non-hydrogen) atoms. The molecule has 0 radical (unpaired) electrons. The van der Waals surface area contributed by atoms with Crippen LogP contribution in [0.5, 0.6) is 11.5 Å². The Kier molecular flexibility index (Phi) is 6.45. The highest BCUT2D eigenvalue weighted by Gasteiger charge is 2.25. The van der Waals surface area contributed by atoms with Crippen molar-refractivity contribution in [3.8, 4) is 11.5 Å². The molecule has 0 unspecified atom stereocenters. The fourth-order valence-corrected chi connectivity index (χ4v) is 2.80. The smallest absolute Gasteiger partial charge is 0.355 e. The van der Waals surface area contributed by atoms with Crippen molar-refractivity contribution in [2.75, 3.05) is 25.0 Å². The van der Waals surface area contributed by atoms with E-state index in [1.54, 1.807) is 36.4 Å². The van der Waals surface area contributed by atoms with Gasteiger partial charge in [0.05, 0.1) is 30.4 Å². The summed E-state index contributed by atoms with van der Waals surface area (Å²) < 4.78 is 10.4. The third-order valence-electron chi connectivity index (χ3n) is 4.26. The Balaban J connectivity index is 1.88. The van der Waals surface area contributed by atoms with Crippen LogP contribution in [0.3, 0.4) is 0 Å². The second-order valence-electron chi connectivity index (χ2n) is 6.28. The number of aromatic nitrogens is 2. The van der Waals surface area contributed by atoms with E-state index >= 15 is 0 Å². The highest BCUT2D eigenvalue weighted by molar-refractivity contribution is 5.97. The first-order valence-corrected chi connectivity index (χ1v) is 9.05. The number of para-hydroxylation sites is 1. The topological polar surface area (TPSA) is 141 Å². The zero-order valence-corrected chi connectivity index (χ0v) is 17.0. The zero-order chi connectivity index (χ0) is 22.4. The molecule has 1 heterocycles. The van der Waals surface area contributed by atoms with E-state index in [0.717, 1.165) is 11.9 Å². The summed E-state index contributed by atoms with van der Waals surface area (Å²) in [4.78, 5) is 31.4. The molecule has 11 heteroatoms. The summed E-state index contributed by atoms with van der Waals surface area (Å²) in [6, 6.07) is 11.9. The predicted molar refractivity (Wildman–Crippen MR) is 114 cm³/mol. The number of hydrogen-bond donors (Lipinski definition) is 3. The van der Waals surface area contributed by atoms with Gasteiger partial charge in [0.1, 0.15) is 17.8 Å². The summed E-state index contributed by atoms with van der Waals surface area (Å²) in [6.45, 7) is 1.87. The van der Waals surface area contributed by atoms with Crippen molar-refractivity contribution in [2.45, 2.75) is 6.92 Å². The van der Waals surface area contributed by atoms with Crippen LogP contribution < -0.4 is 25.6 Å². The minimum atomic E-state index is -0.651. The van der Waals surface area contributed by atoms with Crippen LogP contribution in [0.1, 0.15) is 15.9 Å². The summed E-state index contributed by atoms with van der Waals surface area (Å²) >= 11 is 0. The Hall–Kier alpha value is -4.41. The number of ether oxygens (including phenoxy) is 2. The van der Waals surface area contributed by atoms with Crippen LogP contribution >= 0.6 is 0 Å². The van der Waals surface area contributed by atoms with Crippen molar-refractivity contribution in [3.63, 3.8) is 0 Å². The number of hydrogen-bond acceptors (Lipinski definition) is 9. The number of amides is 1. The first kappa shape index (κ1) is 21.3. The lowest BCUT2D eigenvalue weighted by Gasteiger charge is -2.14. The van der Waals surface area contributed by atoms with Gasteiger partial charge in [-0.05, 0) is 36.8 Å². The second-order valence-corrected chi connectivity index (χ2v) is 6.28. The highest BCUT2D eigenvalue weighted by atomic mass is 16.6. The molecule has 1 aromatic heterocycles. The first-order valence-electron chi connectivity index (χ1n) is 9.05. The molecule has 0 bridgehead atoms. The summed E-state index contributed by atoms with van der Waals surface area (Å²) in [5.74, 6) is 0.0147. The fraction of sp³-hybridized carbons (Fsp3) is 0.150. The van der Waals surface area contributed by atoms with Crippen LogP contribution in [0.15, 0.2) is 48.8 Å². The van der Waals surface area contributed by atoms with E-state index in [4.69, 9.17) is 9.47 Å².